The highest BCUT2D eigenvalue weighted by atomic mass is 79.9. The van der Waals surface area contributed by atoms with Gasteiger partial charge in [-0.3, -0.25) is 0 Å². The van der Waals surface area contributed by atoms with Crippen molar-refractivity contribution in [1.29, 1.82) is 0 Å². The molecule has 0 N–H and O–H groups in total. The molecule has 1 atom stereocenters. The maximum atomic E-state index is 12.4. The van der Waals surface area contributed by atoms with E-state index in [4.69, 9.17) is 0 Å². The van der Waals surface area contributed by atoms with E-state index in [1.54, 1.807) is 6.07 Å². The molecule has 0 fully saturated rings. The maximum absolute atomic E-state index is 12.4. The summed E-state index contributed by atoms with van der Waals surface area (Å²) < 4.78 is 24.8. The topological polar surface area (TPSA) is 0 Å². The third kappa shape index (κ3) is 2.50. The molecular weight excluding hydrogens is 238 g/mol. The summed E-state index contributed by atoms with van der Waals surface area (Å²) in [4.78, 5) is -0.854. The van der Waals surface area contributed by atoms with Crippen LogP contribution in [0.3, 0.4) is 0 Å². The minimum Gasteiger partial charge on any atom is -0.209 e. The van der Waals surface area contributed by atoms with Crippen LogP contribution in [0, 0.1) is 13.8 Å². The number of aryl methyl sites for hydroxylation is 2. The molecule has 0 aliphatic heterocycles. The first kappa shape index (κ1) is 10.6. The highest BCUT2D eigenvalue weighted by Gasteiger charge is 2.20. The normalized spacial score (nSPS) is 13.4. The molecule has 0 radical (unpaired) electrons. The SMILES string of the molecule is Cc1ccc(C)c(C(Br)C(F)F)c1. The summed E-state index contributed by atoms with van der Waals surface area (Å²) in [5, 5.41) is 0. The van der Waals surface area contributed by atoms with Crippen LogP contribution in [0.1, 0.15) is 21.5 Å². The van der Waals surface area contributed by atoms with Gasteiger partial charge in [-0.1, -0.05) is 39.7 Å². The van der Waals surface area contributed by atoms with Crippen LogP contribution in [0.25, 0.3) is 0 Å². The van der Waals surface area contributed by atoms with Gasteiger partial charge in [0.05, 0.1) is 0 Å². The second-order valence-electron chi connectivity index (χ2n) is 3.10. The molecule has 3 heteroatoms. The first-order valence-electron chi connectivity index (χ1n) is 4.01. The van der Waals surface area contributed by atoms with Crippen LogP contribution in [0.15, 0.2) is 18.2 Å². The zero-order chi connectivity index (χ0) is 10.0. The zero-order valence-electron chi connectivity index (χ0n) is 7.52. The second-order valence-corrected chi connectivity index (χ2v) is 4.08. The van der Waals surface area contributed by atoms with Gasteiger partial charge in [0.1, 0.15) is 4.83 Å². The summed E-state index contributed by atoms with van der Waals surface area (Å²) in [6, 6.07) is 5.58. The lowest BCUT2D eigenvalue weighted by Crippen LogP contribution is -2.03. The molecule has 0 heterocycles. The molecule has 1 aromatic rings. The molecule has 1 rings (SSSR count). The molecule has 0 bridgehead atoms. The summed E-state index contributed by atoms with van der Waals surface area (Å²) in [6.45, 7) is 3.74. The Bertz CT molecular complexity index is 297. The standard InChI is InChI=1S/C10H11BrF2/c1-6-3-4-7(2)8(5-6)9(11)10(12)13/h3-5,9-10H,1-2H3. The molecule has 0 spiro atoms. The van der Waals surface area contributed by atoms with E-state index in [9.17, 15) is 8.78 Å². The fourth-order valence-electron chi connectivity index (χ4n) is 1.19. The first-order valence-corrected chi connectivity index (χ1v) is 4.93. The van der Waals surface area contributed by atoms with E-state index in [2.05, 4.69) is 15.9 Å². The van der Waals surface area contributed by atoms with Crippen molar-refractivity contribution in [2.75, 3.05) is 0 Å². The highest BCUT2D eigenvalue weighted by molar-refractivity contribution is 9.09. The predicted molar refractivity (Wildman–Crippen MR) is 53.6 cm³/mol. The van der Waals surface area contributed by atoms with Gasteiger partial charge in [-0.05, 0) is 25.0 Å². The first-order chi connectivity index (χ1) is 6.02. The Hall–Kier alpha value is -0.440. The third-order valence-corrected chi connectivity index (χ3v) is 2.85. The van der Waals surface area contributed by atoms with E-state index in [1.807, 2.05) is 26.0 Å². The van der Waals surface area contributed by atoms with Crippen LogP contribution in [0.5, 0.6) is 0 Å². The lowest BCUT2D eigenvalue weighted by molar-refractivity contribution is 0.147. The fourth-order valence-corrected chi connectivity index (χ4v) is 1.69. The van der Waals surface area contributed by atoms with Crippen molar-refractivity contribution in [3.8, 4) is 0 Å². The van der Waals surface area contributed by atoms with Gasteiger partial charge >= 0.3 is 0 Å². The Morgan fingerprint density at radius 3 is 2.38 bits per heavy atom. The molecule has 13 heavy (non-hydrogen) atoms. The number of alkyl halides is 3. The van der Waals surface area contributed by atoms with Gasteiger partial charge in [0, 0.05) is 0 Å². The Kier molecular flexibility index (Phi) is 3.42. The van der Waals surface area contributed by atoms with Crippen LogP contribution in [-0.4, -0.2) is 6.43 Å². The largest absolute Gasteiger partial charge is 0.255 e. The molecule has 1 unspecified atom stereocenters. The monoisotopic (exact) mass is 248 g/mol. The molecule has 0 saturated carbocycles. The van der Waals surface area contributed by atoms with E-state index in [0.29, 0.717) is 5.56 Å². The molecule has 0 aliphatic rings. The Morgan fingerprint density at radius 2 is 1.85 bits per heavy atom. The van der Waals surface area contributed by atoms with E-state index >= 15 is 0 Å². The van der Waals surface area contributed by atoms with Crippen LogP contribution < -0.4 is 0 Å². The van der Waals surface area contributed by atoms with Crippen molar-refractivity contribution < 1.29 is 8.78 Å². The van der Waals surface area contributed by atoms with Crippen molar-refractivity contribution in [2.24, 2.45) is 0 Å². The van der Waals surface area contributed by atoms with Gasteiger partial charge in [-0.2, -0.15) is 0 Å². The summed E-state index contributed by atoms with van der Waals surface area (Å²) in [5.74, 6) is 0. The average molecular weight is 249 g/mol. The van der Waals surface area contributed by atoms with Crippen molar-refractivity contribution in [3.63, 3.8) is 0 Å². The molecule has 0 amide bonds. The minimum absolute atomic E-state index is 0.676. The van der Waals surface area contributed by atoms with Crippen molar-refractivity contribution >= 4 is 15.9 Å². The van der Waals surface area contributed by atoms with Gasteiger partial charge in [0.25, 0.3) is 6.43 Å². The molecule has 1 aromatic carbocycles. The predicted octanol–water partition coefficient (Wildman–Crippen LogP) is 4.00. The van der Waals surface area contributed by atoms with Gasteiger partial charge in [-0.15, -0.1) is 0 Å². The van der Waals surface area contributed by atoms with E-state index in [0.717, 1.165) is 11.1 Å². The second kappa shape index (κ2) is 4.18. The molecule has 0 nitrogen and oxygen atoms in total. The van der Waals surface area contributed by atoms with Crippen LogP contribution >= 0.6 is 15.9 Å². The number of halogens is 3. The highest BCUT2D eigenvalue weighted by Crippen LogP contribution is 2.32. The summed E-state index contributed by atoms with van der Waals surface area (Å²) in [5.41, 5.74) is 2.58. The van der Waals surface area contributed by atoms with E-state index < -0.39 is 11.3 Å². The Morgan fingerprint density at radius 1 is 1.23 bits per heavy atom. The lowest BCUT2D eigenvalue weighted by Gasteiger charge is -2.12. The minimum atomic E-state index is -2.36. The van der Waals surface area contributed by atoms with Crippen molar-refractivity contribution in [1.82, 2.24) is 0 Å². The van der Waals surface area contributed by atoms with Crippen LogP contribution in [0.2, 0.25) is 0 Å². The Labute approximate surface area is 85.1 Å². The molecule has 0 saturated heterocycles. The van der Waals surface area contributed by atoms with Crippen molar-refractivity contribution in [2.45, 2.75) is 25.1 Å². The maximum Gasteiger partial charge on any atom is 0.255 e. The number of hydrogen-bond donors (Lipinski definition) is 0. The summed E-state index contributed by atoms with van der Waals surface area (Å²) in [7, 11) is 0. The zero-order valence-corrected chi connectivity index (χ0v) is 9.11. The van der Waals surface area contributed by atoms with Crippen LogP contribution in [-0.2, 0) is 0 Å². The van der Waals surface area contributed by atoms with Gasteiger partial charge in [0.15, 0.2) is 0 Å². The average Bonchev–Trinajstić information content (AvgIpc) is 2.08. The number of rotatable bonds is 2. The van der Waals surface area contributed by atoms with Gasteiger partial charge in [-0.25, -0.2) is 8.78 Å². The summed E-state index contributed by atoms with van der Waals surface area (Å²) >= 11 is 2.99. The molecule has 0 aliphatic carbocycles. The van der Waals surface area contributed by atoms with Gasteiger partial charge < -0.3 is 0 Å². The van der Waals surface area contributed by atoms with Crippen molar-refractivity contribution in [3.05, 3.63) is 34.9 Å². The Balaban J connectivity index is 3.05. The number of benzene rings is 1. The summed E-state index contributed by atoms with van der Waals surface area (Å²) in [6.07, 6.45) is -2.36. The van der Waals surface area contributed by atoms with E-state index in [1.165, 1.54) is 0 Å². The third-order valence-electron chi connectivity index (χ3n) is 1.95. The quantitative estimate of drug-likeness (QED) is 0.695. The lowest BCUT2D eigenvalue weighted by atomic mass is 10.0. The van der Waals surface area contributed by atoms with E-state index in [-0.39, 0.29) is 0 Å². The van der Waals surface area contributed by atoms with Gasteiger partial charge in [0.2, 0.25) is 0 Å². The number of hydrogen-bond acceptors (Lipinski definition) is 0. The molecule has 72 valence electrons. The smallest absolute Gasteiger partial charge is 0.209 e. The molecular formula is C10H11BrF2. The van der Waals surface area contributed by atoms with Crippen LogP contribution in [0.4, 0.5) is 8.78 Å². The fraction of sp³-hybridized carbons (Fsp3) is 0.400. The molecule has 0 aromatic heterocycles.